The van der Waals surface area contributed by atoms with Crippen molar-refractivity contribution in [2.75, 3.05) is 17.7 Å². The third kappa shape index (κ3) is 4.83. The summed E-state index contributed by atoms with van der Waals surface area (Å²) in [5.41, 5.74) is 1.59. The normalized spacial score (nSPS) is 16.0. The summed E-state index contributed by atoms with van der Waals surface area (Å²) in [7, 11) is 1.91. The Hall–Kier alpha value is -1.87. The fraction of sp³-hybridized carbons (Fsp3) is 0.600. The zero-order chi connectivity index (χ0) is 21.1. The van der Waals surface area contributed by atoms with Gasteiger partial charge in [-0.2, -0.15) is 0 Å². The second-order valence-electron chi connectivity index (χ2n) is 7.67. The molecule has 1 aliphatic rings. The summed E-state index contributed by atoms with van der Waals surface area (Å²) in [5, 5.41) is 12.6. The number of hydrogen-bond acceptors (Lipinski definition) is 7. The van der Waals surface area contributed by atoms with Crippen LogP contribution in [0.2, 0.25) is 0 Å². The van der Waals surface area contributed by atoms with Gasteiger partial charge < -0.3 is 14.6 Å². The molecule has 0 aliphatic heterocycles. The quantitative estimate of drug-likeness (QED) is 0.521. The minimum Gasteiger partial charge on any atom is -0.462 e. The fourth-order valence-corrected chi connectivity index (χ4v) is 5.64. The van der Waals surface area contributed by atoms with Crippen LogP contribution < -0.4 is 5.32 Å². The highest BCUT2D eigenvalue weighted by atomic mass is 32.2. The lowest BCUT2D eigenvalue weighted by Crippen LogP contribution is -2.18. The third-order valence-electron chi connectivity index (χ3n) is 4.96. The minimum atomic E-state index is -0.350. The number of nitrogens with zero attached hydrogens (tertiary/aromatic N) is 3. The van der Waals surface area contributed by atoms with Crippen LogP contribution in [0.3, 0.4) is 0 Å². The Morgan fingerprint density at radius 3 is 2.79 bits per heavy atom. The lowest BCUT2D eigenvalue weighted by Gasteiger charge is -2.18. The number of ether oxygens (including phenoxy) is 1. The van der Waals surface area contributed by atoms with E-state index in [1.165, 1.54) is 28.0 Å². The zero-order valence-electron chi connectivity index (χ0n) is 17.6. The molecule has 0 aromatic carbocycles. The molecule has 0 spiro atoms. The van der Waals surface area contributed by atoms with Crippen LogP contribution in [0.5, 0.6) is 0 Å². The number of thiophene rings is 1. The summed E-state index contributed by atoms with van der Waals surface area (Å²) in [5.74, 6) is 1.42. The van der Waals surface area contributed by atoms with Crippen molar-refractivity contribution in [3.63, 3.8) is 0 Å². The van der Waals surface area contributed by atoms with Gasteiger partial charge in [-0.25, -0.2) is 4.79 Å². The Morgan fingerprint density at radius 2 is 2.14 bits per heavy atom. The molecule has 1 N–H and O–H groups in total. The standard InChI is InChI=1S/C20H28N4O3S2/c1-6-27-19(26)16-13-8-7-12(4)9-14(13)29-18(16)21-15(25)10-28-20-23-22-17(11(2)3)24(20)5/h11-12H,6-10H2,1-5H3,(H,21,25)/t12-/m1/s1. The van der Waals surface area contributed by atoms with Gasteiger partial charge >= 0.3 is 5.97 Å². The largest absolute Gasteiger partial charge is 0.462 e. The molecule has 158 valence electrons. The molecule has 0 saturated heterocycles. The summed E-state index contributed by atoms with van der Waals surface area (Å²) in [6.45, 7) is 8.43. The second-order valence-corrected chi connectivity index (χ2v) is 9.72. The van der Waals surface area contributed by atoms with E-state index in [1.54, 1.807) is 6.92 Å². The van der Waals surface area contributed by atoms with E-state index in [4.69, 9.17) is 4.74 Å². The predicted octanol–water partition coefficient (Wildman–Crippen LogP) is 4.03. The minimum absolute atomic E-state index is 0.165. The van der Waals surface area contributed by atoms with Crippen molar-refractivity contribution in [3.05, 3.63) is 21.8 Å². The molecule has 2 heterocycles. The Balaban J connectivity index is 1.73. The van der Waals surface area contributed by atoms with E-state index < -0.39 is 0 Å². The number of carbonyl (C=O) groups is 2. The molecular formula is C20H28N4O3S2. The third-order valence-corrected chi connectivity index (χ3v) is 7.15. The molecule has 7 nitrogen and oxygen atoms in total. The number of carbonyl (C=O) groups excluding carboxylic acids is 2. The molecule has 29 heavy (non-hydrogen) atoms. The molecule has 1 atom stereocenters. The van der Waals surface area contributed by atoms with Gasteiger partial charge in [-0.15, -0.1) is 21.5 Å². The first kappa shape index (κ1) is 21.8. The Bertz CT molecular complexity index is 904. The van der Waals surface area contributed by atoms with Crippen LogP contribution in [0.1, 0.15) is 66.7 Å². The summed E-state index contributed by atoms with van der Waals surface area (Å²) in [6, 6.07) is 0. The molecule has 1 aliphatic carbocycles. The smallest absolute Gasteiger partial charge is 0.341 e. The van der Waals surface area contributed by atoms with Crippen LogP contribution in [0, 0.1) is 5.92 Å². The highest BCUT2D eigenvalue weighted by molar-refractivity contribution is 7.99. The summed E-state index contributed by atoms with van der Waals surface area (Å²) < 4.78 is 7.18. The first-order valence-corrected chi connectivity index (χ1v) is 11.8. The maximum absolute atomic E-state index is 12.6. The predicted molar refractivity (Wildman–Crippen MR) is 116 cm³/mol. The van der Waals surface area contributed by atoms with E-state index in [0.717, 1.165) is 30.7 Å². The van der Waals surface area contributed by atoms with Crippen molar-refractivity contribution >= 4 is 40.0 Å². The molecule has 2 aromatic heterocycles. The first-order valence-electron chi connectivity index (χ1n) is 9.95. The van der Waals surface area contributed by atoms with Crippen molar-refractivity contribution in [2.24, 2.45) is 13.0 Å². The van der Waals surface area contributed by atoms with E-state index in [9.17, 15) is 9.59 Å². The molecule has 0 fully saturated rings. The molecule has 2 aromatic rings. The molecule has 1 amide bonds. The van der Waals surface area contributed by atoms with E-state index in [1.807, 2.05) is 11.6 Å². The Morgan fingerprint density at radius 1 is 1.38 bits per heavy atom. The number of amides is 1. The van der Waals surface area contributed by atoms with E-state index >= 15 is 0 Å². The molecule has 9 heteroatoms. The van der Waals surface area contributed by atoms with Crippen molar-refractivity contribution in [1.29, 1.82) is 0 Å². The molecule has 3 rings (SSSR count). The Kier molecular flexibility index (Phi) is 7.00. The van der Waals surface area contributed by atoms with Crippen LogP contribution >= 0.6 is 23.1 Å². The average molecular weight is 437 g/mol. The van der Waals surface area contributed by atoms with E-state index in [2.05, 4.69) is 36.3 Å². The van der Waals surface area contributed by atoms with Crippen molar-refractivity contribution < 1.29 is 14.3 Å². The number of rotatable bonds is 7. The monoisotopic (exact) mass is 436 g/mol. The highest BCUT2D eigenvalue weighted by Crippen LogP contribution is 2.40. The lowest BCUT2D eigenvalue weighted by atomic mass is 9.88. The topological polar surface area (TPSA) is 86.1 Å². The van der Waals surface area contributed by atoms with Gasteiger partial charge in [0.2, 0.25) is 5.91 Å². The first-order chi connectivity index (χ1) is 13.8. The summed E-state index contributed by atoms with van der Waals surface area (Å²) >= 11 is 2.84. The van der Waals surface area contributed by atoms with Crippen LogP contribution in [0.15, 0.2) is 5.16 Å². The number of aromatic nitrogens is 3. The molecule has 0 saturated carbocycles. The maximum Gasteiger partial charge on any atom is 0.341 e. The van der Waals surface area contributed by atoms with Gasteiger partial charge in [0.15, 0.2) is 5.16 Å². The van der Waals surface area contributed by atoms with Crippen LogP contribution in [0.25, 0.3) is 0 Å². The van der Waals surface area contributed by atoms with Gasteiger partial charge in [0.1, 0.15) is 10.8 Å². The van der Waals surface area contributed by atoms with Crippen LogP contribution in [-0.4, -0.2) is 39.0 Å². The van der Waals surface area contributed by atoms with E-state index in [0.29, 0.717) is 28.2 Å². The lowest BCUT2D eigenvalue weighted by molar-refractivity contribution is -0.113. The maximum atomic E-state index is 12.6. The van der Waals surface area contributed by atoms with Crippen LogP contribution in [-0.2, 0) is 29.4 Å². The van der Waals surface area contributed by atoms with Crippen molar-refractivity contribution in [1.82, 2.24) is 14.8 Å². The van der Waals surface area contributed by atoms with Gasteiger partial charge in [-0.3, -0.25) is 4.79 Å². The second kappa shape index (κ2) is 9.30. The molecule has 0 unspecified atom stereocenters. The number of anilines is 1. The van der Waals surface area contributed by atoms with E-state index in [-0.39, 0.29) is 23.5 Å². The zero-order valence-corrected chi connectivity index (χ0v) is 19.2. The van der Waals surface area contributed by atoms with Crippen LogP contribution in [0.4, 0.5) is 5.00 Å². The van der Waals surface area contributed by atoms with Crippen molar-refractivity contribution in [2.45, 2.75) is 58.0 Å². The number of nitrogens with one attached hydrogen (secondary N) is 1. The number of esters is 1. The van der Waals surface area contributed by atoms with Gasteiger partial charge in [-0.05, 0) is 37.7 Å². The highest BCUT2D eigenvalue weighted by Gasteiger charge is 2.29. The average Bonchev–Trinajstić information content (AvgIpc) is 3.19. The molecule has 0 radical (unpaired) electrons. The number of fused-ring (bicyclic) bond motifs is 1. The summed E-state index contributed by atoms with van der Waals surface area (Å²) in [6.07, 6.45) is 2.83. The SMILES string of the molecule is CCOC(=O)c1c(NC(=O)CSc2nnc(C(C)C)n2C)sc2c1CC[C@@H](C)C2. The van der Waals surface area contributed by atoms with Gasteiger partial charge in [-0.1, -0.05) is 32.5 Å². The molecular weight excluding hydrogens is 408 g/mol. The fourth-order valence-electron chi connectivity index (χ4n) is 3.51. The van der Waals surface area contributed by atoms with Gasteiger partial charge in [0.25, 0.3) is 0 Å². The van der Waals surface area contributed by atoms with Gasteiger partial charge in [0.05, 0.1) is 17.9 Å². The number of hydrogen-bond donors (Lipinski definition) is 1. The Labute approximate surface area is 179 Å². The molecule has 0 bridgehead atoms. The number of thioether (sulfide) groups is 1. The van der Waals surface area contributed by atoms with Crippen molar-refractivity contribution in [3.8, 4) is 0 Å². The van der Waals surface area contributed by atoms with Gasteiger partial charge in [0, 0.05) is 17.8 Å². The summed E-state index contributed by atoms with van der Waals surface area (Å²) in [4.78, 5) is 26.4.